The van der Waals surface area contributed by atoms with E-state index in [0.29, 0.717) is 37.8 Å². The molecule has 0 bridgehead atoms. The number of carbonyl (C=O) groups excluding carboxylic acids is 1. The lowest BCUT2D eigenvalue weighted by atomic mass is 10.1. The maximum atomic E-state index is 14.1. The van der Waals surface area contributed by atoms with Crippen molar-refractivity contribution in [3.8, 4) is 0 Å². The summed E-state index contributed by atoms with van der Waals surface area (Å²) >= 11 is 14.4. The number of thiophene rings is 1. The molecule has 44 heavy (non-hydrogen) atoms. The molecular formula is C32H28Cl2N2O6S2. The number of benzene rings is 3. The zero-order valence-electron chi connectivity index (χ0n) is 24.0. The first-order valence-electron chi connectivity index (χ1n) is 13.6. The fourth-order valence-corrected chi connectivity index (χ4v) is 7.91. The molecule has 12 heteroatoms. The second-order valence-corrected chi connectivity index (χ2v) is 14.2. The van der Waals surface area contributed by atoms with Crippen molar-refractivity contribution >= 4 is 73.1 Å². The van der Waals surface area contributed by atoms with Crippen molar-refractivity contribution in [1.82, 2.24) is 4.90 Å². The van der Waals surface area contributed by atoms with E-state index in [1.54, 1.807) is 72.5 Å². The van der Waals surface area contributed by atoms with E-state index in [1.165, 1.54) is 22.5 Å². The molecule has 0 fully saturated rings. The summed E-state index contributed by atoms with van der Waals surface area (Å²) in [4.78, 5) is 29.1. The molecule has 0 saturated heterocycles. The number of aryl methyl sites for hydroxylation is 2. The predicted octanol–water partition coefficient (Wildman–Crippen LogP) is 8.17. The zero-order valence-corrected chi connectivity index (χ0v) is 27.1. The third kappa shape index (κ3) is 6.21. The molecule has 8 nitrogen and oxygen atoms in total. The van der Waals surface area contributed by atoms with Gasteiger partial charge in [-0.05, 0) is 87.0 Å². The number of furan rings is 1. The SMILES string of the molecule is CCN(c1ccc(Cl)cc1CN(Cc1ccc(C)s1)C(=O)c1ccccc1Cl)S(=O)(=O)c1ccc2oc(C(=O)O)c(C)c2c1. The average Bonchev–Trinajstić information content (AvgIpc) is 3.55. The lowest BCUT2D eigenvalue weighted by Crippen LogP contribution is -2.34. The van der Waals surface area contributed by atoms with Crippen LogP contribution in [0.4, 0.5) is 5.69 Å². The molecule has 5 aromatic rings. The van der Waals surface area contributed by atoms with Gasteiger partial charge in [0.25, 0.3) is 15.9 Å². The zero-order chi connectivity index (χ0) is 31.8. The quantitative estimate of drug-likeness (QED) is 0.161. The molecule has 0 saturated carbocycles. The fourth-order valence-electron chi connectivity index (χ4n) is 5.05. The molecule has 0 aliphatic rings. The van der Waals surface area contributed by atoms with E-state index in [1.807, 2.05) is 19.1 Å². The third-order valence-electron chi connectivity index (χ3n) is 7.18. The first-order valence-corrected chi connectivity index (χ1v) is 16.6. The van der Waals surface area contributed by atoms with Gasteiger partial charge in [-0.15, -0.1) is 11.3 Å². The van der Waals surface area contributed by atoms with Gasteiger partial charge in [-0.3, -0.25) is 9.10 Å². The second kappa shape index (κ2) is 12.6. The molecule has 5 rings (SSSR count). The van der Waals surface area contributed by atoms with Gasteiger partial charge in [-0.2, -0.15) is 0 Å². The Kier molecular flexibility index (Phi) is 9.08. The summed E-state index contributed by atoms with van der Waals surface area (Å²) in [5.74, 6) is -1.79. The first kappa shape index (κ1) is 31.6. The largest absolute Gasteiger partial charge is 0.475 e. The topological polar surface area (TPSA) is 108 Å². The van der Waals surface area contributed by atoms with Crippen LogP contribution in [0.15, 0.2) is 82.1 Å². The Morgan fingerprint density at radius 3 is 2.36 bits per heavy atom. The molecule has 2 aromatic heterocycles. The summed E-state index contributed by atoms with van der Waals surface area (Å²) in [7, 11) is -4.15. The van der Waals surface area contributed by atoms with E-state index in [4.69, 9.17) is 27.6 Å². The minimum Gasteiger partial charge on any atom is -0.475 e. The molecule has 1 N–H and O–H groups in total. The lowest BCUT2D eigenvalue weighted by Gasteiger charge is -2.29. The van der Waals surface area contributed by atoms with E-state index in [9.17, 15) is 23.1 Å². The molecule has 2 heterocycles. The Morgan fingerprint density at radius 2 is 1.70 bits per heavy atom. The molecule has 0 aliphatic heterocycles. The highest BCUT2D eigenvalue weighted by atomic mass is 35.5. The number of halogens is 2. The Labute approximate surface area is 269 Å². The summed E-state index contributed by atoms with van der Waals surface area (Å²) < 4.78 is 34.9. The Hall–Kier alpha value is -3.83. The summed E-state index contributed by atoms with van der Waals surface area (Å²) in [6.07, 6.45) is 0. The number of carbonyl (C=O) groups is 2. The third-order valence-corrected chi connectivity index (χ3v) is 10.6. The number of rotatable bonds is 10. The number of fused-ring (bicyclic) bond motifs is 1. The maximum absolute atomic E-state index is 14.1. The Balaban J connectivity index is 1.57. The van der Waals surface area contributed by atoms with Crippen LogP contribution in [0.1, 0.15) is 48.7 Å². The van der Waals surface area contributed by atoms with Gasteiger partial charge < -0.3 is 14.4 Å². The summed E-state index contributed by atoms with van der Waals surface area (Å²) in [5, 5.41) is 10.5. The highest BCUT2D eigenvalue weighted by Crippen LogP contribution is 2.34. The standard InChI is InChI=1S/C32H28Cl2N2O6S2/c1-4-36(44(40,41)24-12-14-29-26(16-24)20(3)30(42-29)32(38)39)28-13-10-22(33)15-21(28)17-35(18-23-11-9-19(2)43-23)31(37)25-7-5-6-8-27(25)34/h5-16H,4,17-18H2,1-3H3,(H,38,39). The van der Waals surface area contributed by atoms with Crippen molar-refractivity contribution in [3.63, 3.8) is 0 Å². The van der Waals surface area contributed by atoms with Gasteiger partial charge in [0.15, 0.2) is 0 Å². The van der Waals surface area contributed by atoms with E-state index in [-0.39, 0.29) is 41.8 Å². The molecular weight excluding hydrogens is 643 g/mol. The van der Waals surface area contributed by atoms with Gasteiger partial charge in [-0.25, -0.2) is 13.2 Å². The number of anilines is 1. The second-order valence-electron chi connectivity index (χ2n) is 10.1. The molecule has 3 aromatic carbocycles. The van der Waals surface area contributed by atoms with Gasteiger partial charge in [0.05, 0.1) is 27.7 Å². The van der Waals surface area contributed by atoms with Crippen LogP contribution in [-0.2, 0) is 23.1 Å². The number of aromatic carboxylic acids is 1. The van der Waals surface area contributed by atoms with Crippen LogP contribution in [0.5, 0.6) is 0 Å². The number of hydrogen-bond donors (Lipinski definition) is 1. The Morgan fingerprint density at radius 1 is 0.955 bits per heavy atom. The first-order chi connectivity index (χ1) is 20.9. The van der Waals surface area contributed by atoms with Crippen molar-refractivity contribution in [2.75, 3.05) is 10.8 Å². The van der Waals surface area contributed by atoms with Crippen molar-refractivity contribution in [2.24, 2.45) is 0 Å². The average molecular weight is 672 g/mol. The number of carboxylic acid groups (broad SMARTS) is 1. The normalized spacial score (nSPS) is 11.6. The van der Waals surface area contributed by atoms with Crippen LogP contribution in [0.25, 0.3) is 11.0 Å². The van der Waals surface area contributed by atoms with Gasteiger partial charge in [-0.1, -0.05) is 35.3 Å². The molecule has 0 radical (unpaired) electrons. The summed E-state index contributed by atoms with van der Waals surface area (Å²) in [6, 6.07) is 19.9. The molecule has 228 valence electrons. The number of nitrogens with zero attached hydrogens (tertiary/aromatic N) is 2. The summed E-state index contributed by atoms with van der Waals surface area (Å²) in [6.45, 7) is 5.66. The van der Waals surface area contributed by atoms with Crippen molar-refractivity contribution in [3.05, 3.63) is 115 Å². The van der Waals surface area contributed by atoms with E-state index < -0.39 is 16.0 Å². The van der Waals surface area contributed by atoms with Crippen LogP contribution >= 0.6 is 34.5 Å². The van der Waals surface area contributed by atoms with Crippen LogP contribution in [0.2, 0.25) is 10.0 Å². The monoisotopic (exact) mass is 670 g/mol. The highest BCUT2D eigenvalue weighted by molar-refractivity contribution is 7.92. The summed E-state index contributed by atoms with van der Waals surface area (Å²) in [5.41, 5.74) is 1.80. The van der Waals surface area contributed by atoms with Crippen molar-refractivity contribution in [2.45, 2.75) is 38.8 Å². The van der Waals surface area contributed by atoms with Crippen LogP contribution < -0.4 is 4.31 Å². The number of hydrogen-bond acceptors (Lipinski definition) is 6. The van der Waals surface area contributed by atoms with Gasteiger partial charge in [0.2, 0.25) is 5.76 Å². The van der Waals surface area contributed by atoms with Crippen LogP contribution in [0.3, 0.4) is 0 Å². The number of carboxylic acids is 1. The smallest absolute Gasteiger partial charge is 0.372 e. The van der Waals surface area contributed by atoms with Crippen LogP contribution in [-0.4, -0.2) is 36.8 Å². The van der Waals surface area contributed by atoms with Gasteiger partial charge in [0.1, 0.15) is 5.58 Å². The number of sulfonamides is 1. The van der Waals surface area contributed by atoms with E-state index in [2.05, 4.69) is 0 Å². The van der Waals surface area contributed by atoms with E-state index in [0.717, 1.165) is 9.75 Å². The van der Waals surface area contributed by atoms with Crippen molar-refractivity contribution in [1.29, 1.82) is 0 Å². The lowest BCUT2D eigenvalue weighted by molar-refractivity contribution is 0.0663. The number of amides is 1. The fraction of sp³-hybridized carbons (Fsp3) is 0.188. The minimum atomic E-state index is -4.15. The van der Waals surface area contributed by atoms with Crippen molar-refractivity contribution < 1.29 is 27.5 Å². The Bertz CT molecular complexity index is 2000. The molecule has 1 amide bonds. The minimum absolute atomic E-state index is 0.0355. The van der Waals surface area contributed by atoms with Gasteiger partial charge in [0, 0.05) is 38.8 Å². The molecule has 0 spiro atoms. The molecule has 0 aliphatic carbocycles. The van der Waals surface area contributed by atoms with E-state index >= 15 is 0 Å². The predicted molar refractivity (Wildman–Crippen MR) is 174 cm³/mol. The van der Waals surface area contributed by atoms with Crippen LogP contribution in [0, 0.1) is 13.8 Å². The highest BCUT2D eigenvalue weighted by Gasteiger charge is 2.29. The molecule has 0 atom stereocenters. The van der Waals surface area contributed by atoms with Gasteiger partial charge >= 0.3 is 5.97 Å². The maximum Gasteiger partial charge on any atom is 0.372 e. The molecule has 0 unspecified atom stereocenters.